The molecule has 4 nitrogen and oxygen atoms in total. The molecule has 0 aliphatic carbocycles. The van der Waals surface area contributed by atoms with Gasteiger partial charge in [-0.1, -0.05) is 15.9 Å². The molecule has 0 saturated carbocycles. The van der Waals surface area contributed by atoms with Crippen LogP contribution < -0.4 is 10.9 Å². The maximum absolute atomic E-state index is 12.4. The number of halogens is 1. The van der Waals surface area contributed by atoms with E-state index in [4.69, 9.17) is 4.42 Å². The molecule has 1 N–H and O–H groups in total. The number of amides is 1. The number of anilines is 1. The first-order valence-corrected chi connectivity index (χ1v) is 7.85. The first kappa shape index (κ1) is 15.5. The quantitative estimate of drug-likeness (QED) is 0.678. The van der Waals surface area contributed by atoms with Crippen molar-refractivity contribution in [1.82, 2.24) is 0 Å². The van der Waals surface area contributed by atoms with E-state index in [-0.39, 0.29) is 11.5 Å². The molecular formula is C18H14BrNO3. The highest BCUT2D eigenvalue weighted by Gasteiger charge is 2.11. The average molecular weight is 372 g/mol. The van der Waals surface area contributed by atoms with Gasteiger partial charge in [0, 0.05) is 27.2 Å². The van der Waals surface area contributed by atoms with Crippen LogP contribution in [0.15, 0.2) is 56.1 Å². The van der Waals surface area contributed by atoms with E-state index < -0.39 is 0 Å². The zero-order valence-corrected chi connectivity index (χ0v) is 14.2. The fourth-order valence-electron chi connectivity index (χ4n) is 2.40. The van der Waals surface area contributed by atoms with Crippen molar-refractivity contribution in [2.45, 2.75) is 13.8 Å². The minimum Gasteiger partial charge on any atom is -0.423 e. The number of nitrogens with one attached hydrogen (secondary N) is 1. The lowest BCUT2D eigenvalue weighted by molar-refractivity contribution is 0.102. The highest BCUT2D eigenvalue weighted by atomic mass is 79.9. The molecule has 1 heterocycles. The Hall–Kier alpha value is -2.40. The summed E-state index contributed by atoms with van der Waals surface area (Å²) in [6.45, 7) is 3.70. The van der Waals surface area contributed by atoms with Crippen LogP contribution in [0.3, 0.4) is 0 Å². The lowest BCUT2D eigenvalue weighted by Crippen LogP contribution is -2.12. The van der Waals surface area contributed by atoms with Gasteiger partial charge in [-0.05, 0) is 61.4 Å². The van der Waals surface area contributed by atoms with Crippen LogP contribution in [0.25, 0.3) is 11.0 Å². The summed E-state index contributed by atoms with van der Waals surface area (Å²) >= 11 is 3.35. The number of fused-ring (bicyclic) bond motifs is 1. The Kier molecular flexibility index (Phi) is 4.05. The lowest BCUT2D eigenvalue weighted by Gasteiger charge is -2.11. The molecule has 0 saturated heterocycles. The van der Waals surface area contributed by atoms with E-state index in [1.165, 1.54) is 6.07 Å². The molecule has 1 amide bonds. The number of benzene rings is 2. The van der Waals surface area contributed by atoms with Crippen molar-refractivity contribution >= 4 is 38.5 Å². The third-order valence-corrected chi connectivity index (χ3v) is 4.18. The molecule has 0 bridgehead atoms. The Morgan fingerprint density at radius 3 is 2.43 bits per heavy atom. The fourth-order valence-corrected chi connectivity index (χ4v) is 2.66. The molecule has 0 spiro atoms. The van der Waals surface area contributed by atoms with E-state index in [0.717, 1.165) is 21.0 Å². The Bertz CT molecular complexity index is 958. The Labute approximate surface area is 141 Å². The molecule has 0 atom stereocenters. The van der Waals surface area contributed by atoms with Crippen molar-refractivity contribution in [3.05, 3.63) is 74.0 Å². The third-order valence-electron chi connectivity index (χ3n) is 3.65. The molecule has 116 valence electrons. The van der Waals surface area contributed by atoms with Crippen LogP contribution in [0.2, 0.25) is 0 Å². The first-order valence-electron chi connectivity index (χ1n) is 7.06. The molecule has 0 fully saturated rings. The molecular weight excluding hydrogens is 358 g/mol. The minimum atomic E-state index is -0.374. The monoisotopic (exact) mass is 371 g/mol. The summed E-state index contributed by atoms with van der Waals surface area (Å²) in [5.74, 6) is -0.185. The molecule has 23 heavy (non-hydrogen) atoms. The van der Waals surface area contributed by atoms with Gasteiger partial charge in [0.2, 0.25) is 0 Å². The normalized spacial score (nSPS) is 10.7. The van der Waals surface area contributed by atoms with Crippen molar-refractivity contribution in [3.63, 3.8) is 0 Å². The van der Waals surface area contributed by atoms with Crippen LogP contribution >= 0.6 is 15.9 Å². The SMILES string of the molecule is Cc1cc2oc(=O)cc(C)c2cc1NC(=O)c1ccc(Br)cc1. The van der Waals surface area contributed by atoms with Gasteiger partial charge in [0.05, 0.1) is 0 Å². The van der Waals surface area contributed by atoms with Gasteiger partial charge in [-0.2, -0.15) is 0 Å². The predicted octanol–water partition coefficient (Wildman–Crippen LogP) is 4.42. The average Bonchev–Trinajstić information content (AvgIpc) is 2.49. The zero-order chi connectivity index (χ0) is 16.6. The maximum atomic E-state index is 12.4. The molecule has 0 radical (unpaired) electrons. The summed E-state index contributed by atoms with van der Waals surface area (Å²) in [7, 11) is 0. The van der Waals surface area contributed by atoms with Crippen LogP contribution in [0.1, 0.15) is 21.5 Å². The summed E-state index contributed by atoms with van der Waals surface area (Å²) in [5.41, 5.74) is 3.06. The van der Waals surface area contributed by atoms with Gasteiger partial charge in [0.1, 0.15) is 5.58 Å². The molecule has 5 heteroatoms. The van der Waals surface area contributed by atoms with Crippen molar-refractivity contribution in [2.24, 2.45) is 0 Å². The van der Waals surface area contributed by atoms with Gasteiger partial charge in [0.25, 0.3) is 5.91 Å². The Morgan fingerprint density at radius 2 is 1.74 bits per heavy atom. The highest BCUT2D eigenvalue weighted by molar-refractivity contribution is 9.10. The summed E-state index contributed by atoms with van der Waals surface area (Å²) in [6.07, 6.45) is 0. The standard InChI is InChI=1S/C18H14BrNO3/c1-10-8-17(21)23-16-7-11(2)15(9-14(10)16)20-18(22)12-3-5-13(19)6-4-12/h3-9H,1-2H3,(H,20,22). The second kappa shape index (κ2) is 6.01. The number of hydrogen-bond donors (Lipinski definition) is 1. The van der Waals surface area contributed by atoms with Gasteiger partial charge >= 0.3 is 5.63 Å². The number of hydrogen-bond acceptors (Lipinski definition) is 3. The van der Waals surface area contributed by atoms with Crippen LogP contribution in [-0.2, 0) is 0 Å². The van der Waals surface area contributed by atoms with Crippen LogP contribution in [0.5, 0.6) is 0 Å². The highest BCUT2D eigenvalue weighted by Crippen LogP contribution is 2.25. The zero-order valence-electron chi connectivity index (χ0n) is 12.6. The van der Waals surface area contributed by atoms with E-state index in [2.05, 4.69) is 21.2 Å². The van der Waals surface area contributed by atoms with Crippen LogP contribution in [0, 0.1) is 13.8 Å². The van der Waals surface area contributed by atoms with Gasteiger partial charge in [0.15, 0.2) is 0 Å². The van der Waals surface area contributed by atoms with E-state index in [0.29, 0.717) is 16.8 Å². The molecule has 3 aromatic rings. The summed E-state index contributed by atoms with van der Waals surface area (Å²) in [4.78, 5) is 23.8. The third kappa shape index (κ3) is 3.19. The summed E-state index contributed by atoms with van der Waals surface area (Å²) in [5, 5.41) is 3.71. The summed E-state index contributed by atoms with van der Waals surface area (Å²) in [6, 6.07) is 12.2. The number of aryl methyl sites for hydroxylation is 2. The van der Waals surface area contributed by atoms with Crippen LogP contribution in [-0.4, -0.2) is 5.91 Å². The first-order chi connectivity index (χ1) is 10.9. The van der Waals surface area contributed by atoms with Gasteiger partial charge in [-0.25, -0.2) is 4.79 Å². The van der Waals surface area contributed by atoms with E-state index in [9.17, 15) is 9.59 Å². The second-order valence-electron chi connectivity index (χ2n) is 5.37. The van der Waals surface area contributed by atoms with Crippen molar-refractivity contribution in [1.29, 1.82) is 0 Å². The lowest BCUT2D eigenvalue weighted by atomic mass is 10.1. The molecule has 3 rings (SSSR count). The van der Waals surface area contributed by atoms with E-state index >= 15 is 0 Å². The Morgan fingerprint density at radius 1 is 1.04 bits per heavy atom. The van der Waals surface area contributed by atoms with Crippen molar-refractivity contribution < 1.29 is 9.21 Å². The minimum absolute atomic E-state index is 0.185. The number of carbonyl (C=O) groups excluding carboxylic acids is 1. The molecule has 1 aromatic heterocycles. The largest absolute Gasteiger partial charge is 0.423 e. The predicted molar refractivity (Wildman–Crippen MR) is 94.1 cm³/mol. The topological polar surface area (TPSA) is 59.3 Å². The number of carbonyl (C=O) groups is 1. The maximum Gasteiger partial charge on any atom is 0.336 e. The van der Waals surface area contributed by atoms with E-state index in [1.807, 2.05) is 32.0 Å². The smallest absolute Gasteiger partial charge is 0.336 e. The fraction of sp³-hybridized carbons (Fsp3) is 0.111. The number of rotatable bonds is 2. The molecule has 2 aromatic carbocycles. The van der Waals surface area contributed by atoms with Crippen molar-refractivity contribution in [2.75, 3.05) is 5.32 Å². The molecule has 0 aliphatic rings. The van der Waals surface area contributed by atoms with Gasteiger partial charge in [-0.15, -0.1) is 0 Å². The van der Waals surface area contributed by atoms with Gasteiger partial charge in [-0.3, -0.25) is 4.79 Å². The van der Waals surface area contributed by atoms with Crippen molar-refractivity contribution in [3.8, 4) is 0 Å². The summed E-state index contributed by atoms with van der Waals surface area (Å²) < 4.78 is 6.13. The molecule has 0 aliphatic heterocycles. The van der Waals surface area contributed by atoms with Crippen LogP contribution in [0.4, 0.5) is 5.69 Å². The second-order valence-corrected chi connectivity index (χ2v) is 6.29. The van der Waals surface area contributed by atoms with E-state index in [1.54, 1.807) is 18.2 Å². The van der Waals surface area contributed by atoms with Gasteiger partial charge < -0.3 is 9.73 Å². The molecule has 0 unspecified atom stereocenters. The Balaban J connectivity index is 1.99.